The Bertz CT molecular complexity index is 192. The summed E-state index contributed by atoms with van der Waals surface area (Å²) < 4.78 is 0. The number of carbonyl (C=O) groups excluding carboxylic acids is 1. The van der Waals surface area contributed by atoms with Crippen molar-refractivity contribution in [1.82, 2.24) is 5.01 Å². The van der Waals surface area contributed by atoms with E-state index < -0.39 is 0 Å². The predicted octanol–water partition coefficient (Wildman–Crippen LogP) is 0.679. The van der Waals surface area contributed by atoms with Gasteiger partial charge in [-0.2, -0.15) is 5.01 Å². The third-order valence-corrected chi connectivity index (χ3v) is 2.42. The smallest absolute Gasteiger partial charge is 0.250 e. The van der Waals surface area contributed by atoms with Crippen LogP contribution < -0.4 is 0 Å². The van der Waals surface area contributed by atoms with E-state index in [1.807, 2.05) is 0 Å². The largest absolute Gasteiger partial charge is 0.272 e. The maximum atomic E-state index is 10.9. The van der Waals surface area contributed by atoms with Gasteiger partial charge in [0.15, 0.2) is 0 Å². The van der Waals surface area contributed by atoms with Gasteiger partial charge in [-0.15, -0.1) is 4.91 Å². The van der Waals surface area contributed by atoms with E-state index in [9.17, 15) is 9.70 Å². The predicted molar refractivity (Wildman–Crippen MR) is 33.8 cm³/mol. The van der Waals surface area contributed by atoms with Crippen LogP contribution in [0.3, 0.4) is 0 Å². The third-order valence-electron chi connectivity index (χ3n) is 2.42. The van der Waals surface area contributed by atoms with Crippen LogP contribution >= 0.6 is 0 Å². The lowest BCUT2D eigenvalue weighted by Gasteiger charge is -2.36. The number of hydrogen-bond donors (Lipinski definition) is 0. The number of fused-ring (bicyclic) bond motifs is 1. The van der Waals surface area contributed by atoms with Crippen LogP contribution in [0.25, 0.3) is 0 Å². The van der Waals surface area contributed by atoms with Gasteiger partial charge in [0.2, 0.25) is 0 Å². The molecule has 2 atom stereocenters. The first kappa shape index (κ1) is 5.82. The van der Waals surface area contributed by atoms with Crippen LogP contribution in [0.1, 0.15) is 19.3 Å². The van der Waals surface area contributed by atoms with E-state index in [2.05, 4.69) is 5.29 Å². The lowest BCUT2D eigenvalue weighted by molar-refractivity contribution is -0.153. The number of amides is 1. The van der Waals surface area contributed by atoms with Crippen LogP contribution in [0.2, 0.25) is 0 Å². The zero-order valence-electron chi connectivity index (χ0n) is 5.49. The van der Waals surface area contributed by atoms with Gasteiger partial charge in [-0.25, -0.2) is 0 Å². The number of nitroso groups, excluding NO2 is 1. The molecular formula is C6H8N2O2. The molecule has 10 heavy (non-hydrogen) atoms. The van der Waals surface area contributed by atoms with Gasteiger partial charge >= 0.3 is 0 Å². The van der Waals surface area contributed by atoms with Gasteiger partial charge < -0.3 is 0 Å². The molecule has 4 heteroatoms. The lowest BCUT2D eigenvalue weighted by atomic mass is 9.93. The Morgan fingerprint density at radius 3 is 3.00 bits per heavy atom. The Morgan fingerprint density at radius 1 is 1.50 bits per heavy atom. The normalized spacial score (nSPS) is 37.2. The molecule has 0 bridgehead atoms. The van der Waals surface area contributed by atoms with Gasteiger partial charge in [-0.05, 0) is 12.8 Å². The Hall–Kier alpha value is -0.930. The molecule has 1 saturated heterocycles. The number of rotatable bonds is 1. The molecule has 0 aromatic rings. The molecule has 2 rings (SSSR count). The molecular weight excluding hydrogens is 132 g/mol. The van der Waals surface area contributed by atoms with E-state index in [4.69, 9.17) is 0 Å². The highest BCUT2D eigenvalue weighted by Gasteiger charge is 2.51. The molecule has 1 aliphatic carbocycles. The van der Waals surface area contributed by atoms with Crippen molar-refractivity contribution in [1.29, 1.82) is 0 Å². The molecule has 0 radical (unpaired) electrons. The molecule has 0 aromatic heterocycles. The summed E-state index contributed by atoms with van der Waals surface area (Å²) in [7, 11) is 0. The zero-order chi connectivity index (χ0) is 7.14. The quantitative estimate of drug-likeness (QED) is 0.397. The van der Waals surface area contributed by atoms with E-state index in [-0.39, 0.29) is 17.9 Å². The minimum Gasteiger partial charge on any atom is -0.272 e. The first-order valence-corrected chi connectivity index (χ1v) is 3.51. The van der Waals surface area contributed by atoms with Gasteiger partial charge in [0.05, 0.1) is 17.2 Å². The molecule has 1 aliphatic heterocycles. The highest BCUT2D eigenvalue weighted by Crippen LogP contribution is 2.39. The highest BCUT2D eigenvalue weighted by atomic mass is 16.3. The van der Waals surface area contributed by atoms with E-state index in [1.165, 1.54) is 0 Å². The molecule has 54 valence electrons. The molecule has 1 heterocycles. The molecule has 2 unspecified atom stereocenters. The number of β-lactam (4-membered cyclic amide) rings is 1. The van der Waals surface area contributed by atoms with Crippen LogP contribution in [0.15, 0.2) is 5.29 Å². The fourth-order valence-corrected chi connectivity index (χ4v) is 1.87. The van der Waals surface area contributed by atoms with Crippen molar-refractivity contribution in [3.05, 3.63) is 4.91 Å². The maximum Gasteiger partial charge on any atom is 0.250 e. The van der Waals surface area contributed by atoms with Crippen molar-refractivity contribution in [3.8, 4) is 0 Å². The van der Waals surface area contributed by atoms with Crippen molar-refractivity contribution in [2.75, 3.05) is 0 Å². The molecule has 1 amide bonds. The summed E-state index contributed by atoms with van der Waals surface area (Å²) in [5.41, 5.74) is 0. The molecule has 1 saturated carbocycles. The summed E-state index contributed by atoms with van der Waals surface area (Å²) in [6.07, 6.45) is 2.98. The van der Waals surface area contributed by atoms with Crippen molar-refractivity contribution >= 4 is 5.91 Å². The minimum atomic E-state index is -0.0718. The number of hydrogen-bond acceptors (Lipinski definition) is 3. The second kappa shape index (κ2) is 1.78. The molecule has 2 aliphatic rings. The SMILES string of the molecule is O=NN1C(=O)C2CCCC21. The lowest BCUT2D eigenvalue weighted by Crippen LogP contribution is -2.54. The third kappa shape index (κ3) is 0.489. The van der Waals surface area contributed by atoms with Crippen molar-refractivity contribution in [2.24, 2.45) is 11.2 Å². The fraction of sp³-hybridized carbons (Fsp3) is 0.833. The van der Waals surface area contributed by atoms with E-state index in [0.29, 0.717) is 0 Å². The Balaban J connectivity index is 2.14. The van der Waals surface area contributed by atoms with Gasteiger partial charge in [-0.3, -0.25) is 4.79 Å². The zero-order valence-corrected chi connectivity index (χ0v) is 5.49. The first-order chi connectivity index (χ1) is 4.84. The fourth-order valence-electron chi connectivity index (χ4n) is 1.87. The summed E-state index contributed by atoms with van der Waals surface area (Å²) in [6.45, 7) is 0. The molecule has 0 spiro atoms. The Morgan fingerprint density at radius 2 is 2.30 bits per heavy atom. The standard InChI is InChI=1S/C6H8N2O2/c9-6-4-2-1-3-5(4)8(6)7-10/h4-5H,1-3H2. The second-order valence-electron chi connectivity index (χ2n) is 2.87. The number of nitrogens with zero attached hydrogens (tertiary/aromatic N) is 2. The maximum absolute atomic E-state index is 10.9. The van der Waals surface area contributed by atoms with Gasteiger partial charge in [0.1, 0.15) is 0 Å². The van der Waals surface area contributed by atoms with Crippen LogP contribution in [0.5, 0.6) is 0 Å². The minimum absolute atomic E-state index is 0.0718. The van der Waals surface area contributed by atoms with Gasteiger partial charge in [-0.1, -0.05) is 6.42 Å². The average Bonchev–Trinajstić information content (AvgIpc) is 2.33. The molecule has 2 fully saturated rings. The van der Waals surface area contributed by atoms with Crippen molar-refractivity contribution < 1.29 is 4.79 Å². The van der Waals surface area contributed by atoms with Crippen LogP contribution in [-0.2, 0) is 4.79 Å². The second-order valence-corrected chi connectivity index (χ2v) is 2.87. The number of carbonyl (C=O) groups is 1. The summed E-state index contributed by atoms with van der Waals surface area (Å²) in [4.78, 5) is 20.9. The summed E-state index contributed by atoms with van der Waals surface area (Å²) >= 11 is 0. The Labute approximate surface area is 58.1 Å². The topological polar surface area (TPSA) is 49.7 Å². The van der Waals surface area contributed by atoms with E-state index >= 15 is 0 Å². The highest BCUT2D eigenvalue weighted by molar-refractivity contribution is 5.86. The van der Waals surface area contributed by atoms with Crippen LogP contribution in [0.4, 0.5) is 0 Å². The molecule has 0 N–H and O–H groups in total. The molecule has 4 nitrogen and oxygen atoms in total. The summed E-state index contributed by atoms with van der Waals surface area (Å²) in [5.74, 6) is 0.0650. The summed E-state index contributed by atoms with van der Waals surface area (Å²) in [5, 5.41) is 3.73. The molecule has 0 aromatic carbocycles. The van der Waals surface area contributed by atoms with Gasteiger partial charge in [0.25, 0.3) is 5.91 Å². The van der Waals surface area contributed by atoms with Crippen LogP contribution in [-0.4, -0.2) is 17.0 Å². The van der Waals surface area contributed by atoms with E-state index in [0.717, 1.165) is 24.3 Å². The first-order valence-electron chi connectivity index (χ1n) is 3.51. The van der Waals surface area contributed by atoms with Gasteiger partial charge in [0, 0.05) is 0 Å². The van der Waals surface area contributed by atoms with E-state index in [1.54, 1.807) is 0 Å². The summed E-state index contributed by atoms with van der Waals surface area (Å²) in [6, 6.07) is 0.157. The monoisotopic (exact) mass is 140 g/mol. The van der Waals surface area contributed by atoms with Crippen LogP contribution in [0, 0.1) is 10.8 Å². The van der Waals surface area contributed by atoms with Crippen molar-refractivity contribution in [2.45, 2.75) is 25.3 Å². The van der Waals surface area contributed by atoms with Crippen molar-refractivity contribution in [3.63, 3.8) is 0 Å². The average molecular weight is 140 g/mol. The Kier molecular flexibility index (Phi) is 1.03.